The first-order valence-corrected chi connectivity index (χ1v) is 9.70. The summed E-state index contributed by atoms with van der Waals surface area (Å²) in [5.41, 5.74) is 1.89. The Labute approximate surface area is 141 Å². The Balaban J connectivity index is 2.40. The highest BCUT2D eigenvalue weighted by Gasteiger charge is 2.15. The van der Waals surface area contributed by atoms with Gasteiger partial charge in [0.25, 0.3) is 0 Å². The number of rotatable bonds is 4. The van der Waals surface area contributed by atoms with Crippen LogP contribution in [0, 0.1) is 0 Å². The van der Waals surface area contributed by atoms with E-state index in [9.17, 15) is 8.42 Å². The summed E-state index contributed by atoms with van der Waals surface area (Å²) in [6.45, 7) is 0. The molecule has 2 aromatic carbocycles. The first-order chi connectivity index (χ1) is 9.82. The summed E-state index contributed by atoms with van der Waals surface area (Å²) < 4.78 is 29.3. The van der Waals surface area contributed by atoms with E-state index in [1.165, 1.54) is 6.26 Å². The van der Waals surface area contributed by atoms with Crippen LogP contribution < -0.4 is 4.74 Å². The zero-order valence-electron chi connectivity index (χ0n) is 11.5. The first-order valence-electron chi connectivity index (χ1n) is 6.10. The summed E-state index contributed by atoms with van der Waals surface area (Å²) in [5.74, 6) is 0.753. The van der Waals surface area contributed by atoms with Gasteiger partial charge in [-0.25, -0.2) is 8.42 Å². The number of hydrogen-bond acceptors (Lipinski definition) is 3. The Hall–Kier alpha value is -0.850. The van der Waals surface area contributed by atoms with E-state index < -0.39 is 9.84 Å². The van der Waals surface area contributed by atoms with Crippen LogP contribution >= 0.6 is 31.9 Å². The van der Waals surface area contributed by atoms with Gasteiger partial charge in [0.15, 0.2) is 9.84 Å². The average molecular weight is 434 g/mol. The molecular formula is C15H14Br2O3S. The second-order valence-electron chi connectivity index (χ2n) is 4.60. The monoisotopic (exact) mass is 432 g/mol. The van der Waals surface area contributed by atoms with Gasteiger partial charge in [-0.15, -0.1) is 0 Å². The van der Waals surface area contributed by atoms with E-state index in [0.29, 0.717) is 4.90 Å². The fraction of sp³-hybridized carbons (Fsp3) is 0.200. The largest absolute Gasteiger partial charge is 0.496 e. The van der Waals surface area contributed by atoms with Crippen molar-refractivity contribution in [3.63, 3.8) is 0 Å². The topological polar surface area (TPSA) is 43.4 Å². The standard InChI is InChI=1S/C15H14Br2O3S/c1-20-14-7-6-11(9-13(14)16)15(17)10-4-3-5-12(8-10)21(2,18)19/h3-9,15H,1-2H3. The molecule has 0 aromatic heterocycles. The molecule has 0 radical (unpaired) electrons. The molecule has 1 atom stereocenters. The lowest BCUT2D eigenvalue weighted by atomic mass is 10.0. The molecule has 21 heavy (non-hydrogen) atoms. The summed E-state index contributed by atoms with van der Waals surface area (Å²) >= 11 is 7.07. The summed E-state index contributed by atoms with van der Waals surface area (Å²) in [5, 5.41) is 0. The van der Waals surface area contributed by atoms with E-state index in [0.717, 1.165) is 21.3 Å². The predicted molar refractivity (Wildman–Crippen MR) is 91.0 cm³/mol. The molecule has 0 aliphatic heterocycles. The third-order valence-electron chi connectivity index (χ3n) is 3.05. The number of alkyl halides is 1. The zero-order valence-corrected chi connectivity index (χ0v) is 15.5. The zero-order chi connectivity index (χ0) is 15.6. The number of sulfone groups is 1. The van der Waals surface area contributed by atoms with Gasteiger partial charge in [0.1, 0.15) is 5.75 Å². The highest BCUT2D eigenvalue weighted by molar-refractivity contribution is 9.10. The van der Waals surface area contributed by atoms with Crippen molar-refractivity contribution in [2.75, 3.05) is 13.4 Å². The molecule has 1 unspecified atom stereocenters. The van der Waals surface area contributed by atoms with Gasteiger partial charge in [0.2, 0.25) is 0 Å². The van der Waals surface area contributed by atoms with Crippen molar-refractivity contribution in [2.45, 2.75) is 9.72 Å². The molecule has 0 saturated heterocycles. The van der Waals surface area contributed by atoms with Gasteiger partial charge in [-0.1, -0.05) is 34.1 Å². The molecule has 3 nitrogen and oxygen atoms in total. The maximum atomic E-state index is 11.6. The molecule has 0 bridgehead atoms. The van der Waals surface area contributed by atoms with E-state index >= 15 is 0 Å². The Morgan fingerprint density at radius 3 is 2.33 bits per heavy atom. The van der Waals surface area contributed by atoms with Gasteiger partial charge in [-0.3, -0.25) is 0 Å². The van der Waals surface area contributed by atoms with Crippen molar-refractivity contribution in [2.24, 2.45) is 0 Å². The van der Waals surface area contributed by atoms with E-state index in [-0.39, 0.29) is 4.83 Å². The van der Waals surface area contributed by atoms with E-state index in [2.05, 4.69) is 31.9 Å². The first kappa shape index (κ1) is 16.5. The molecule has 0 N–H and O–H groups in total. The summed E-state index contributed by atoms with van der Waals surface area (Å²) in [6, 6.07) is 12.7. The lowest BCUT2D eigenvalue weighted by Gasteiger charge is -2.13. The van der Waals surface area contributed by atoms with Crippen LogP contribution in [0.2, 0.25) is 0 Å². The second kappa shape index (κ2) is 6.50. The molecule has 0 spiro atoms. The third-order valence-corrected chi connectivity index (χ3v) is 5.83. The van der Waals surface area contributed by atoms with Crippen LogP contribution in [0.25, 0.3) is 0 Å². The molecular weight excluding hydrogens is 420 g/mol. The molecule has 0 amide bonds. The minimum Gasteiger partial charge on any atom is -0.496 e. The van der Waals surface area contributed by atoms with Crippen LogP contribution in [-0.4, -0.2) is 21.8 Å². The summed E-state index contributed by atoms with van der Waals surface area (Å²) in [7, 11) is -1.60. The van der Waals surface area contributed by atoms with Crippen LogP contribution in [0.15, 0.2) is 51.8 Å². The third kappa shape index (κ3) is 3.87. The summed E-state index contributed by atoms with van der Waals surface area (Å²) in [4.78, 5) is 0.221. The predicted octanol–water partition coefficient (Wildman–Crippen LogP) is 4.35. The second-order valence-corrected chi connectivity index (χ2v) is 8.39. The van der Waals surface area contributed by atoms with Gasteiger partial charge in [-0.2, -0.15) is 0 Å². The maximum absolute atomic E-state index is 11.6. The quantitative estimate of drug-likeness (QED) is 0.673. The highest BCUT2D eigenvalue weighted by atomic mass is 79.9. The van der Waals surface area contributed by atoms with E-state index in [1.807, 2.05) is 24.3 Å². The van der Waals surface area contributed by atoms with Gasteiger partial charge in [0.05, 0.1) is 21.3 Å². The molecule has 2 rings (SSSR count). The fourth-order valence-corrected chi connectivity index (χ4v) is 3.74. The van der Waals surface area contributed by atoms with E-state index in [4.69, 9.17) is 4.74 Å². The van der Waals surface area contributed by atoms with Crippen molar-refractivity contribution in [1.82, 2.24) is 0 Å². The van der Waals surface area contributed by atoms with Crippen LogP contribution in [0.3, 0.4) is 0 Å². The van der Waals surface area contributed by atoms with Crippen molar-refractivity contribution in [1.29, 1.82) is 0 Å². The van der Waals surface area contributed by atoms with E-state index in [1.54, 1.807) is 25.3 Å². The van der Waals surface area contributed by atoms with Crippen molar-refractivity contribution in [3.8, 4) is 5.75 Å². The molecule has 0 aliphatic carbocycles. The van der Waals surface area contributed by atoms with Crippen LogP contribution in [0.5, 0.6) is 5.75 Å². The SMILES string of the molecule is COc1ccc(C(Br)c2cccc(S(C)(=O)=O)c2)cc1Br. The Bertz CT molecular complexity index is 757. The van der Waals surface area contributed by atoms with Gasteiger partial charge >= 0.3 is 0 Å². The molecule has 0 fully saturated rings. The Kier molecular flexibility index (Phi) is 5.11. The average Bonchev–Trinajstić information content (AvgIpc) is 2.45. The summed E-state index contributed by atoms with van der Waals surface area (Å²) in [6.07, 6.45) is 1.21. The van der Waals surface area contributed by atoms with Crippen LogP contribution in [0.1, 0.15) is 16.0 Å². The van der Waals surface area contributed by atoms with Crippen molar-refractivity contribution >= 4 is 41.7 Å². The molecule has 0 heterocycles. The maximum Gasteiger partial charge on any atom is 0.175 e. The molecule has 2 aromatic rings. The van der Waals surface area contributed by atoms with Gasteiger partial charge < -0.3 is 4.74 Å². The Morgan fingerprint density at radius 2 is 1.76 bits per heavy atom. The Morgan fingerprint density at radius 1 is 1.10 bits per heavy atom. The lowest BCUT2D eigenvalue weighted by molar-refractivity contribution is 0.412. The highest BCUT2D eigenvalue weighted by Crippen LogP contribution is 2.35. The number of ether oxygens (including phenoxy) is 1. The minimum atomic E-state index is -3.21. The fourth-order valence-electron chi connectivity index (χ4n) is 1.94. The smallest absolute Gasteiger partial charge is 0.175 e. The van der Waals surface area contributed by atoms with Gasteiger partial charge in [0, 0.05) is 6.26 Å². The number of halogens is 2. The molecule has 112 valence electrons. The molecule has 6 heteroatoms. The number of methoxy groups -OCH3 is 1. The van der Waals surface area contributed by atoms with Crippen molar-refractivity contribution < 1.29 is 13.2 Å². The normalized spacial score (nSPS) is 13.0. The van der Waals surface area contributed by atoms with Crippen LogP contribution in [0.4, 0.5) is 0 Å². The molecule has 0 saturated carbocycles. The number of hydrogen-bond donors (Lipinski definition) is 0. The number of benzene rings is 2. The van der Waals surface area contributed by atoms with Crippen LogP contribution in [-0.2, 0) is 9.84 Å². The van der Waals surface area contributed by atoms with Crippen molar-refractivity contribution in [3.05, 3.63) is 58.1 Å². The van der Waals surface area contributed by atoms with Gasteiger partial charge in [-0.05, 0) is 51.3 Å². The molecule has 0 aliphatic rings. The minimum absolute atomic E-state index is 0.0959. The lowest BCUT2D eigenvalue weighted by Crippen LogP contribution is -2.00.